The Labute approximate surface area is 129 Å². The van der Waals surface area contributed by atoms with Crippen LogP contribution in [-0.4, -0.2) is 15.8 Å². The summed E-state index contributed by atoms with van der Waals surface area (Å²) in [6.07, 6.45) is 3.58. The number of hydrogen-bond acceptors (Lipinski definition) is 3. The molecule has 1 aromatic carbocycles. The van der Waals surface area contributed by atoms with Gasteiger partial charge in [0.2, 0.25) is 0 Å². The first-order valence-electron chi connectivity index (χ1n) is 7.58. The van der Waals surface area contributed by atoms with E-state index < -0.39 is 10.8 Å². The highest BCUT2D eigenvalue weighted by molar-refractivity contribution is 6.16. The third-order valence-electron chi connectivity index (χ3n) is 5.01. The van der Waals surface area contributed by atoms with E-state index in [-0.39, 0.29) is 5.78 Å². The first-order chi connectivity index (χ1) is 10.4. The minimum absolute atomic E-state index is 0.261. The quantitative estimate of drug-likeness (QED) is 0.589. The van der Waals surface area contributed by atoms with Crippen LogP contribution < -0.4 is 0 Å². The van der Waals surface area contributed by atoms with E-state index in [9.17, 15) is 4.79 Å². The maximum Gasteiger partial charge on any atom is 0.152 e. The molecule has 3 heteroatoms. The number of pyridine rings is 2. The molecule has 0 saturated heterocycles. The fourth-order valence-corrected chi connectivity index (χ4v) is 4.17. The van der Waals surface area contributed by atoms with E-state index >= 15 is 0 Å². The zero-order chi connectivity index (χ0) is 15.7. The maximum absolute atomic E-state index is 13.1. The minimum atomic E-state index is -0.510. The molecule has 0 bridgehead atoms. The van der Waals surface area contributed by atoms with Crippen molar-refractivity contribution in [2.45, 2.75) is 38.5 Å². The first kappa shape index (κ1) is 13.4. The van der Waals surface area contributed by atoms with E-state index in [4.69, 9.17) is 0 Å². The average molecular weight is 290 g/mol. The van der Waals surface area contributed by atoms with Crippen molar-refractivity contribution in [2.75, 3.05) is 0 Å². The highest BCUT2D eigenvalue weighted by Crippen LogP contribution is 2.51. The van der Waals surface area contributed by atoms with E-state index in [0.717, 1.165) is 32.9 Å². The van der Waals surface area contributed by atoms with E-state index in [1.54, 1.807) is 12.4 Å². The predicted octanol–water partition coefficient (Wildman–Crippen LogP) is 3.92. The molecular weight excluding hydrogens is 272 g/mol. The Kier molecular flexibility index (Phi) is 2.38. The molecule has 2 heterocycles. The van der Waals surface area contributed by atoms with Gasteiger partial charge in [0.05, 0.1) is 21.9 Å². The summed E-state index contributed by atoms with van der Waals surface area (Å²) in [5.74, 6) is 0.261. The summed E-state index contributed by atoms with van der Waals surface area (Å²) < 4.78 is 0. The summed E-state index contributed by atoms with van der Waals surface area (Å²) >= 11 is 0. The lowest BCUT2D eigenvalue weighted by Gasteiger charge is -2.21. The molecule has 3 aromatic rings. The SMILES string of the molecule is CC1(C)C(=O)C(C)(C)c2c1c1cccnc1c1ncccc21. The molecule has 0 amide bonds. The molecule has 0 fully saturated rings. The smallest absolute Gasteiger partial charge is 0.152 e. The number of rotatable bonds is 0. The largest absolute Gasteiger partial charge is 0.298 e. The fourth-order valence-electron chi connectivity index (χ4n) is 4.17. The summed E-state index contributed by atoms with van der Waals surface area (Å²) in [4.78, 5) is 22.2. The second-order valence-electron chi connectivity index (χ2n) is 7.13. The van der Waals surface area contributed by atoms with Gasteiger partial charge in [0.1, 0.15) is 0 Å². The average Bonchev–Trinajstić information content (AvgIpc) is 2.66. The van der Waals surface area contributed by atoms with Gasteiger partial charge in [-0.2, -0.15) is 0 Å². The van der Waals surface area contributed by atoms with Gasteiger partial charge in [-0.05, 0) is 51.0 Å². The molecule has 22 heavy (non-hydrogen) atoms. The van der Waals surface area contributed by atoms with Crippen LogP contribution in [0.15, 0.2) is 36.7 Å². The van der Waals surface area contributed by atoms with Gasteiger partial charge in [-0.1, -0.05) is 12.1 Å². The highest BCUT2D eigenvalue weighted by Gasteiger charge is 2.52. The molecule has 2 aromatic heterocycles. The lowest BCUT2D eigenvalue weighted by Crippen LogP contribution is -2.33. The van der Waals surface area contributed by atoms with Crippen molar-refractivity contribution < 1.29 is 4.79 Å². The van der Waals surface area contributed by atoms with Gasteiger partial charge in [0, 0.05) is 23.2 Å². The van der Waals surface area contributed by atoms with Gasteiger partial charge >= 0.3 is 0 Å². The Hall–Kier alpha value is -2.29. The van der Waals surface area contributed by atoms with Crippen molar-refractivity contribution in [3.63, 3.8) is 0 Å². The molecule has 0 unspecified atom stereocenters. The predicted molar refractivity (Wildman–Crippen MR) is 88.1 cm³/mol. The maximum atomic E-state index is 13.1. The van der Waals surface area contributed by atoms with Crippen molar-refractivity contribution in [3.05, 3.63) is 47.8 Å². The summed E-state index contributed by atoms with van der Waals surface area (Å²) in [7, 11) is 0. The van der Waals surface area contributed by atoms with Gasteiger partial charge in [0.15, 0.2) is 5.78 Å². The number of nitrogens with zero attached hydrogens (tertiary/aromatic N) is 2. The molecule has 0 N–H and O–H groups in total. The van der Waals surface area contributed by atoms with Crippen LogP contribution in [0.3, 0.4) is 0 Å². The van der Waals surface area contributed by atoms with E-state index in [1.165, 1.54) is 0 Å². The molecule has 0 atom stereocenters. The topological polar surface area (TPSA) is 42.9 Å². The lowest BCUT2D eigenvalue weighted by molar-refractivity contribution is -0.126. The number of aromatic nitrogens is 2. The monoisotopic (exact) mass is 290 g/mol. The van der Waals surface area contributed by atoms with Gasteiger partial charge in [0.25, 0.3) is 0 Å². The third kappa shape index (κ3) is 1.39. The van der Waals surface area contributed by atoms with Crippen molar-refractivity contribution >= 4 is 27.6 Å². The van der Waals surface area contributed by atoms with Crippen LogP contribution in [0.5, 0.6) is 0 Å². The number of benzene rings is 1. The Balaban J connectivity index is 2.37. The number of Topliss-reactive ketones (excluding diaryl/α,β-unsaturated/α-hetero) is 1. The van der Waals surface area contributed by atoms with Crippen LogP contribution in [0.25, 0.3) is 21.8 Å². The van der Waals surface area contributed by atoms with Crippen LogP contribution in [0.4, 0.5) is 0 Å². The first-order valence-corrected chi connectivity index (χ1v) is 7.58. The van der Waals surface area contributed by atoms with E-state index in [0.29, 0.717) is 0 Å². The van der Waals surface area contributed by atoms with Gasteiger partial charge in [-0.3, -0.25) is 14.8 Å². The van der Waals surface area contributed by atoms with Crippen LogP contribution >= 0.6 is 0 Å². The van der Waals surface area contributed by atoms with Crippen LogP contribution in [-0.2, 0) is 15.6 Å². The van der Waals surface area contributed by atoms with Gasteiger partial charge in [-0.25, -0.2) is 0 Å². The fraction of sp³-hybridized carbons (Fsp3) is 0.316. The number of fused-ring (bicyclic) bond motifs is 6. The molecule has 3 nitrogen and oxygen atoms in total. The second-order valence-corrected chi connectivity index (χ2v) is 7.13. The Morgan fingerprint density at radius 1 is 0.773 bits per heavy atom. The molecule has 0 spiro atoms. The molecular formula is C19H18N2O. The molecule has 1 aliphatic rings. The van der Waals surface area contributed by atoms with Crippen molar-refractivity contribution in [1.29, 1.82) is 0 Å². The Morgan fingerprint density at radius 3 is 1.59 bits per heavy atom. The third-order valence-corrected chi connectivity index (χ3v) is 5.01. The molecule has 4 rings (SSSR count). The normalized spacial score (nSPS) is 18.8. The van der Waals surface area contributed by atoms with E-state index in [1.807, 2.05) is 39.8 Å². The molecule has 0 radical (unpaired) electrons. The zero-order valence-corrected chi connectivity index (χ0v) is 13.3. The highest BCUT2D eigenvalue weighted by atomic mass is 16.1. The molecule has 0 saturated carbocycles. The number of carbonyl (C=O) groups excluding carboxylic acids is 1. The van der Waals surface area contributed by atoms with Crippen molar-refractivity contribution in [1.82, 2.24) is 9.97 Å². The Bertz CT molecular complexity index is 877. The summed E-state index contributed by atoms with van der Waals surface area (Å²) in [6.45, 7) is 8.10. The lowest BCUT2D eigenvalue weighted by atomic mass is 9.79. The minimum Gasteiger partial charge on any atom is -0.298 e. The van der Waals surface area contributed by atoms with Crippen LogP contribution in [0.1, 0.15) is 38.8 Å². The number of hydrogen-bond donors (Lipinski definition) is 0. The van der Waals surface area contributed by atoms with E-state index in [2.05, 4.69) is 22.1 Å². The molecule has 0 aliphatic heterocycles. The number of carbonyl (C=O) groups is 1. The number of ketones is 1. The molecule has 1 aliphatic carbocycles. The second kappa shape index (κ2) is 3.92. The summed E-state index contributed by atoms with van der Waals surface area (Å²) in [5.41, 5.74) is 2.98. The van der Waals surface area contributed by atoms with Crippen LogP contribution in [0, 0.1) is 0 Å². The van der Waals surface area contributed by atoms with Crippen molar-refractivity contribution in [3.8, 4) is 0 Å². The molecule has 110 valence electrons. The standard InChI is InChI=1S/C19H18N2O/c1-18(2)13-11-7-5-9-20-15(11)16-12(8-6-10-21-16)14(13)19(3,4)17(18)22/h5-10H,1-4H3. The van der Waals surface area contributed by atoms with Crippen LogP contribution in [0.2, 0.25) is 0 Å². The zero-order valence-electron chi connectivity index (χ0n) is 13.3. The van der Waals surface area contributed by atoms with Gasteiger partial charge < -0.3 is 0 Å². The van der Waals surface area contributed by atoms with Crippen molar-refractivity contribution in [2.24, 2.45) is 0 Å². The summed E-state index contributed by atoms with van der Waals surface area (Å²) in [6, 6.07) is 7.99. The summed E-state index contributed by atoms with van der Waals surface area (Å²) in [5, 5.41) is 2.10. The van der Waals surface area contributed by atoms with Gasteiger partial charge in [-0.15, -0.1) is 0 Å². The Morgan fingerprint density at radius 2 is 1.18 bits per heavy atom.